The first kappa shape index (κ1) is 22.5. The molecule has 1 nitrogen and oxygen atoms in total. The van der Waals surface area contributed by atoms with E-state index in [1.807, 2.05) is 0 Å². The van der Waals surface area contributed by atoms with E-state index in [9.17, 15) is 5.11 Å². The van der Waals surface area contributed by atoms with Crippen LogP contribution in [0.1, 0.15) is 112 Å². The zero-order valence-corrected chi connectivity index (χ0v) is 21.5. The second kappa shape index (κ2) is 6.86. The van der Waals surface area contributed by atoms with Crippen molar-refractivity contribution in [3.8, 4) is 0 Å². The average Bonchev–Trinajstić information content (AvgIpc) is 3.08. The van der Waals surface area contributed by atoms with E-state index in [1.165, 1.54) is 76.2 Å². The highest BCUT2D eigenvalue weighted by Gasteiger charge is 2.70. The molecule has 0 aromatic rings. The molecule has 5 saturated carbocycles. The second-order valence-electron chi connectivity index (χ2n) is 14.5. The van der Waals surface area contributed by atoms with Gasteiger partial charge in [-0.25, -0.2) is 0 Å². The summed E-state index contributed by atoms with van der Waals surface area (Å²) in [6.45, 7) is 20.3. The van der Waals surface area contributed by atoms with Crippen molar-refractivity contribution < 1.29 is 5.11 Å². The smallest absolute Gasteiger partial charge is 0.0493 e. The van der Waals surface area contributed by atoms with Gasteiger partial charge < -0.3 is 5.11 Å². The highest BCUT2D eigenvalue weighted by atomic mass is 16.3. The molecule has 5 fully saturated rings. The fourth-order valence-corrected chi connectivity index (χ4v) is 11.9. The maximum Gasteiger partial charge on any atom is 0.0493 e. The van der Waals surface area contributed by atoms with E-state index in [-0.39, 0.29) is 5.41 Å². The van der Waals surface area contributed by atoms with E-state index in [4.69, 9.17) is 0 Å². The van der Waals surface area contributed by atoms with Crippen LogP contribution in [0.5, 0.6) is 0 Å². The van der Waals surface area contributed by atoms with Crippen molar-refractivity contribution in [3.05, 3.63) is 12.2 Å². The Morgan fingerprint density at radius 1 is 0.774 bits per heavy atom. The van der Waals surface area contributed by atoms with Crippen LogP contribution in [0.25, 0.3) is 0 Å². The summed E-state index contributed by atoms with van der Waals surface area (Å²) in [5, 5.41) is 11.0. The fourth-order valence-electron chi connectivity index (χ4n) is 11.9. The molecule has 0 aromatic heterocycles. The fraction of sp³-hybridized carbons (Fsp3) is 0.933. The van der Waals surface area contributed by atoms with Gasteiger partial charge in [-0.05, 0) is 122 Å². The van der Waals surface area contributed by atoms with E-state index in [0.29, 0.717) is 46.0 Å². The third-order valence-electron chi connectivity index (χ3n) is 13.4. The molecule has 1 heteroatoms. The molecule has 0 amide bonds. The van der Waals surface area contributed by atoms with Gasteiger partial charge in [-0.15, -0.1) is 0 Å². The van der Waals surface area contributed by atoms with E-state index in [0.717, 1.165) is 11.8 Å². The molecule has 0 saturated heterocycles. The van der Waals surface area contributed by atoms with Gasteiger partial charge in [0.2, 0.25) is 0 Å². The lowest BCUT2D eigenvalue weighted by Gasteiger charge is -2.73. The van der Waals surface area contributed by atoms with Gasteiger partial charge in [-0.1, -0.05) is 53.2 Å². The summed E-state index contributed by atoms with van der Waals surface area (Å²) in [6.07, 6.45) is 15.1. The minimum absolute atomic E-state index is 0.161. The molecule has 1 unspecified atom stereocenters. The average molecular weight is 427 g/mol. The quantitative estimate of drug-likeness (QED) is 0.443. The molecule has 0 bridgehead atoms. The Labute approximate surface area is 192 Å². The molecule has 0 aromatic carbocycles. The topological polar surface area (TPSA) is 20.2 Å². The summed E-state index contributed by atoms with van der Waals surface area (Å²) in [4.78, 5) is 0. The summed E-state index contributed by atoms with van der Waals surface area (Å²) in [6, 6.07) is 0. The molecule has 5 aliphatic carbocycles. The monoisotopic (exact) mass is 426 g/mol. The minimum atomic E-state index is 0.161. The summed E-state index contributed by atoms with van der Waals surface area (Å²) in [7, 11) is 0. The number of aliphatic hydroxyl groups is 1. The van der Waals surface area contributed by atoms with Crippen LogP contribution in [-0.2, 0) is 0 Å². The van der Waals surface area contributed by atoms with Gasteiger partial charge in [0.25, 0.3) is 0 Å². The zero-order valence-electron chi connectivity index (χ0n) is 21.5. The van der Waals surface area contributed by atoms with Crippen molar-refractivity contribution in [1.82, 2.24) is 0 Å². The molecule has 31 heavy (non-hydrogen) atoms. The third kappa shape index (κ3) is 2.65. The maximum absolute atomic E-state index is 11.0. The van der Waals surface area contributed by atoms with Crippen molar-refractivity contribution >= 4 is 0 Å². The highest BCUT2D eigenvalue weighted by Crippen LogP contribution is 2.77. The number of fused-ring (bicyclic) bond motifs is 7. The third-order valence-corrected chi connectivity index (χ3v) is 13.4. The second-order valence-corrected chi connectivity index (χ2v) is 14.5. The van der Waals surface area contributed by atoms with E-state index in [1.54, 1.807) is 0 Å². The van der Waals surface area contributed by atoms with Gasteiger partial charge in [0, 0.05) is 12.0 Å². The molecule has 9 atom stereocenters. The summed E-state index contributed by atoms with van der Waals surface area (Å²) >= 11 is 0. The SMILES string of the molecule is C=C(C)[C@H]1CC[C@]2(CO)[C@H]3CC[C@@H]4[C@@]5(C)CCCC(C)(C)C5CC[C@@]4(C)[C@]3(C)CC[C@@H]12. The standard InChI is InChI=1S/C30H50O/c1-20(2)21-11-18-30(19-31)22(21)12-16-29(7)25(30)10-9-24-27(5)15-8-14-26(3,4)23(27)13-17-28(24,29)6/h21-25,31H,1,8-19H2,2-7H3/t21-,22+,23?,24-,25+,27+,28-,29-,30-/m1/s1. The lowest BCUT2D eigenvalue weighted by atomic mass is 9.32. The van der Waals surface area contributed by atoms with Crippen molar-refractivity contribution in [3.63, 3.8) is 0 Å². The van der Waals surface area contributed by atoms with Crippen LogP contribution >= 0.6 is 0 Å². The predicted octanol–water partition coefficient (Wildman–Crippen LogP) is 8.03. The summed E-state index contributed by atoms with van der Waals surface area (Å²) in [5.74, 6) is 3.79. The zero-order chi connectivity index (χ0) is 22.4. The van der Waals surface area contributed by atoms with Crippen LogP contribution in [0.4, 0.5) is 0 Å². The van der Waals surface area contributed by atoms with Gasteiger partial charge in [-0.2, -0.15) is 0 Å². The number of aliphatic hydroxyl groups excluding tert-OH is 1. The Balaban J connectivity index is 1.54. The summed E-state index contributed by atoms with van der Waals surface area (Å²) < 4.78 is 0. The van der Waals surface area contributed by atoms with Crippen molar-refractivity contribution in [2.45, 2.75) is 112 Å². The first-order valence-electron chi connectivity index (χ1n) is 13.7. The number of hydrogen-bond acceptors (Lipinski definition) is 1. The Hall–Kier alpha value is -0.300. The van der Waals surface area contributed by atoms with E-state index < -0.39 is 0 Å². The Kier molecular flexibility index (Phi) is 4.98. The predicted molar refractivity (Wildman–Crippen MR) is 131 cm³/mol. The first-order valence-corrected chi connectivity index (χ1v) is 13.7. The molecule has 0 spiro atoms. The van der Waals surface area contributed by atoms with E-state index in [2.05, 4.69) is 48.1 Å². The van der Waals surface area contributed by atoms with Crippen molar-refractivity contribution in [2.24, 2.45) is 56.7 Å². The van der Waals surface area contributed by atoms with Gasteiger partial charge in [0.1, 0.15) is 0 Å². The largest absolute Gasteiger partial charge is 0.396 e. The molecule has 0 aliphatic heterocycles. The van der Waals surface area contributed by atoms with Crippen LogP contribution in [-0.4, -0.2) is 11.7 Å². The molecular weight excluding hydrogens is 376 g/mol. The molecule has 5 aliphatic rings. The van der Waals surface area contributed by atoms with E-state index >= 15 is 0 Å². The van der Waals surface area contributed by atoms with Gasteiger partial charge in [0.05, 0.1) is 0 Å². The number of hydrogen-bond donors (Lipinski definition) is 1. The van der Waals surface area contributed by atoms with Crippen LogP contribution < -0.4 is 0 Å². The molecular formula is C30H50O. The minimum Gasteiger partial charge on any atom is -0.396 e. The Bertz CT molecular complexity index is 752. The first-order chi connectivity index (χ1) is 14.5. The number of rotatable bonds is 2. The molecule has 5 rings (SSSR count). The molecule has 0 heterocycles. The lowest BCUT2D eigenvalue weighted by molar-refractivity contribution is -0.247. The van der Waals surface area contributed by atoms with Crippen LogP contribution in [0.3, 0.4) is 0 Å². The lowest BCUT2D eigenvalue weighted by Crippen LogP contribution is -2.66. The van der Waals surface area contributed by atoms with Gasteiger partial charge in [-0.3, -0.25) is 0 Å². The van der Waals surface area contributed by atoms with Gasteiger partial charge in [0.15, 0.2) is 0 Å². The van der Waals surface area contributed by atoms with Crippen LogP contribution in [0.2, 0.25) is 0 Å². The number of allylic oxidation sites excluding steroid dienone is 1. The normalized spacial score (nSPS) is 55.5. The van der Waals surface area contributed by atoms with Crippen LogP contribution in [0, 0.1) is 56.7 Å². The molecule has 176 valence electrons. The molecule has 0 radical (unpaired) electrons. The van der Waals surface area contributed by atoms with Crippen molar-refractivity contribution in [1.29, 1.82) is 0 Å². The Morgan fingerprint density at radius 3 is 2.10 bits per heavy atom. The van der Waals surface area contributed by atoms with Crippen LogP contribution in [0.15, 0.2) is 12.2 Å². The molecule has 1 N–H and O–H groups in total. The van der Waals surface area contributed by atoms with Crippen molar-refractivity contribution in [2.75, 3.05) is 6.61 Å². The van der Waals surface area contributed by atoms with Gasteiger partial charge >= 0.3 is 0 Å². The Morgan fingerprint density at radius 2 is 1.42 bits per heavy atom. The highest BCUT2D eigenvalue weighted by molar-refractivity contribution is 5.21. The summed E-state index contributed by atoms with van der Waals surface area (Å²) in [5.41, 5.74) is 3.38. The maximum atomic E-state index is 11.0.